The second kappa shape index (κ2) is 6.68. The molecule has 0 saturated carbocycles. The second-order valence-corrected chi connectivity index (χ2v) is 5.15. The molecule has 1 aromatic rings. The van der Waals surface area contributed by atoms with Crippen molar-refractivity contribution in [2.24, 2.45) is 0 Å². The molecule has 104 valence electrons. The van der Waals surface area contributed by atoms with Crippen LogP contribution in [-0.4, -0.2) is 43.0 Å². The summed E-state index contributed by atoms with van der Waals surface area (Å²) in [5.74, 6) is 0.0722. The number of amides is 1. The van der Waals surface area contributed by atoms with Gasteiger partial charge in [-0.1, -0.05) is 18.2 Å². The molecular weight excluding hydrogens is 238 g/mol. The number of benzene rings is 1. The van der Waals surface area contributed by atoms with Crippen LogP contribution in [0.1, 0.15) is 19.8 Å². The van der Waals surface area contributed by atoms with Crippen LogP contribution in [0.25, 0.3) is 0 Å². The fourth-order valence-corrected chi connectivity index (χ4v) is 2.53. The first kappa shape index (κ1) is 14.0. The molecule has 0 bridgehead atoms. The van der Waals surface area contributed by atoms with E-state index in [-0.39, 0.29) is 11.9 Å². The molecule has 2 unspecified atom stereocenters. The lowest BCUT2D eigenvalue weighted by molar-refractivity contribution is -0.121. The Hall–Kier alpha value is -1.39. The van der Waals surface area contributed by atoms with Gasteiger partial charge < -0.3 is 10.6 Å². The van der Waals surface area contributed by atoms with E-state index >= 15 is 0 Å². The molecule has 0 aliphatic carbocycles. The number of piperidine rings is 1. The topological polar surface area (TPSA) is 44.4 Å². The average molecular weight is 261 g/mol. The van der Waals surface area contributed by atoms with E-state index in [1.165, 1.54) is 6.42 Å². The molecule has 1 aliphatic heterocycles. The van der Waals surface area contributed by atoms with Gasteiger partial charge in [0.15, 0.2) is 0 Å². The molecular formula is C15H23N3O. The quantitative estimate of drug-likeness (QED) is 0.867. The number of nitrogens with zero attached hydrogens (tertiary/aromatic N) is 1. The summed E-state index contributed by atoms with van der Waals surface area (Å²) in [5, 5.41) is 6.27. The zero-order valence-corrected chi connectivity index (χ0v) is 11.7. The van der Waals surface area contributed by atoms with Gasteiger partial charge in [0, 0.05) is 18.3 Å². The summed E-state index contributed by atoms with van der Waals surface area (Å²) in [4.78, 5) is 14.5. The molecule has 4 heteroatoms. The standard InChI is InChI=1S/C15H23N3O/c1-12(18-10-6-9-14(11-18)16-2)15(19)17-13-7-4-3-5-8-13/h3-5,7-8,12,14,16H,6,9-11H2,1-2H3,(H,17,19). The maximum absolute atomic E-state index is 12.2. The summed E-state index contributed by atoms with van der Waals surface area (Å²) in [7, 11) is 1.99. The number of likely N-dealkylation sites (N-methyl/N-ethyl adjacent to an activating group) is 1. The van der Waals surface area contributed by atoms with Gasteiger partial charge in [-0.25, -0.2) is 0 Å². The van der Waals surface area contributed by atoms with E-state index < -0.39 is 0 Å². The van der Waals surface area contributed by atoms with E-state index in [4.69, 9.17) is 0 Å². The van der Waals surface area contributed by atoms with Gasteiger partial charge in [0.1, 0.15) is 0 Å². The maximum Gasteiger partial charge on any atom is 0.241 e. The van der Waals surface area contributed by atoms with Gasteiger partial charge in [0.25, 0.3) is 0 Å². The van der Waals surface area contributed by atoms with E-state index in [0.29, 0.717) is 6.04 Å². The van der Waals surface area contributed by atoms with E-state index in [1.54, 1.807) is 0 Å². The molecule has 19 heavy (non-hydrogen) atoms. The molecule has 1 heterocycles. The molecule has 2 rings (SSSR count). The Morgan fingerprint density at radius 3 is 2.79 bits per heavy atom. The van der Waals surface area contributed by atoms with Crippen LogP contribution in [0.15, 0.2) is 30.3 Å². The van der Waals surface area contributed by atoms with Crippen LogP contribution in [0.2, 0.25) is 0 Å². The van der Waals surface area contributed by atoms with Crippen LogP contribution in [0.3, 0.4) is 0 Å². The number of likely N-dealkylation sites (tertiary alicyclic amines) is 1. The third-order valence-corrected chi connectivity index (χ3v) is 3.83. The van der Waals surface area contributed by atoms with Crippen molar-refractivity contribution in [1.29, 1.82) is 0 Å². The van der Waals surface area contributed by atoms with Crippen molar-refractivity contribution in [3.8, 4) is 0 Å². The van der Waals surface area contributed by atoms with E-state index in [2.05, 4.69) is 15.5 Å². The lowest BCUT2D eigenvalue weighted by Crippen LogP contribution is -2.51. The Morgan fingerprint density at radius 2 is 2.11 bits per heavy atom. The number of carbonyl (C=O) groups is 1. The van der Waals surface area contributed by atoms with Crippen molar-refractivity contribution in [2.75, 3.05) is 25.5 Å². The first-order valence-electron chi connectivity index (χ1n) is 6.98. The molecule has 2 atom stereocenters. The van der Waals surface area contributed by atoms with Crippen molar-refractivity contribution in [3.05, 3.63) is 30.3 Å². The highest BCUT2D eigenvalue weighted by atomic mass is 16.2. The Balaban J connectivity index is 1.91. The van der Waals surface area contributed by atoms with Gasteiger partial charge >= 0.3 is 0 Å². The fraction of sp³-hybridized carbons (Fsp3) is 0.533. The minimum absolute atomic E-state index is 0.0722. The molecule has 1 fully saturated rings. The van der Waals surface area contributed by atoms with E-state index in [1.807, 2.05) is 44.3 Å². The number of carbonyl (C=O) groups excluding carboxylic acids is 1. The molecule has 2 N–H and O–H groups in total. The van der Waals surface area contributed by atoms with Gasteiger partial charge in [-0.15, -0.1) is 0 Å². The summed E-state index contributed by atoms with van der Waals surface area (Å²) < 4.78 is 0. The van der Waals surface area contributed by atoms with Crippen molar-refractivity contribution >= 4 is 11.6 Å². The van der Waals surface area contributed by atoms with Gasteiger partial charge in [0.05, 0.1) is 6.04 Å². The second-order valence-electron chi connectivity index (χ2n) is 5.15. The molecule has 0 radical (unpaired) electrons. The summed E-state index contributed by atoms with van der Waals surface area (Å²) in [6.07, 6.45) is 2.34. The highest BCUT2D eigenvalue weighted by molar-refractivity contribution is 5.94. The molecule has 1 saturated heterocycles. The highest BCUT2D eigenvalue weighted by Gasteiger charge is 2.26. The Morgan fingerprint density at radius 1 is 1.37 bits per heavy atom. The Labute approximate surface area is 115 Å². The minimum atomic E-state index is -0.0867. The third-order valence-electron chi connectivity index (χ3n) is 3.83. The molecule has 1 aliphatic rings. The Kier molecular flexibility index (Phi) is 4.93. The predicted molar refractivity (Wildman–Crippen MR) is 78.2 cm³/mol. The number of hydrogen-bond acceptors (Lipinski definition) is 3. The van der Waals surface area contributed by atoms with Crippen molar-refractivity contribution in [1.82, 2.24) is 10.2 Å². The molecule has 1 amide bonds. The van der Waals surface area contributed by atoms with Gasteiger partial charge in [-0.3, -0.25) is 9.69 Å². The fourth-order valence-electron chi connectivity index (χ4n) is 2.53. The van der Waals surface area contributed by atoms with Gasteiger partial charge in [0.2, 0.25) is 5.91 Å². The molecule has 0 aromatic heterocycles. The highest BCUT2D eigenvalue weighted by Crippen LogP contribution is 2.14. The lowest BCUT2D eigenvalue weighted by Gasteiger charge is -2.35. The number of rotatable bonds is 4. The zero-order chi connectivity index (χ0) is 13.7. The summed E-state index contributed by atoms with van der Waals surface area (Å²) in [5.41, 5.74) is 0.863. The first-order chi connectivity index (χ1) is 9.20. The van der Waals surface area contributed by atoms with E-state index in [9.17, 15) is 4.79 Å². The average Bonchev–Trinajstić information content (AvgIpc) is 2.47. The molecule has 4 nitrogen and oxygen atoms in total. The summed E-state index contributed by atoms with van der Waals surface area (Å²) >= 11 is 0. The van der Waals surface area contributed by atoms with Crippen LogP contribution in [0.4, 0.5) is 5.69 Å². The zero-order valence-electron chi connectivity index (χ0n) is 11.7. The SMILES string of the molecule is CNC1CCCN(C(C)C(=O)Nc2ccccc2)C1. The van der Waals surface area contributed by atoms with Crippen molar-refractivity contribution < 1.29 is 4.79 Å². The van der Waals surface area contributed by atoms with E-state index in [0.717, 1.165) is 25.2 Å². The van der Waals surface area contributed by atoms with Crippen molar-refractivity contribution in [3.63, 3.8) is 0 Å². The molecule has 1 aromatic carbocycles. The first-order valence-corrected chi connectivity index (χ1v) is 6.98. The smallest absolute Gasteiger partial charge is 0.241 e. The minimum Gasteiger partial charge on any atom is -0.325 e. The normalized spacial score (nSPS) is 21.9. The maximum atomic E-state index is 12.2. The third kappa shape index (κ3) is 3.78. The largest absolute Gasteiger partial charge is 0.325 e. The lowest BCUT2D eigenvalue weighted by atomic mass is 10.0. The van der Waals surface area contributed by atoms with Crippen LogP contribution in [-0.2, 0) is 4.79 Å². The predicted octanol–water partition coefficient (Wildman–Crippen LogP) is 1.70. The summed E-state index contributed by atoms with van der Waals surface area (Å²) in [6.45, 7) is 3.93. The Bertz CT molecular complexity index is 407. The molecule has 0 spiro atoms. The number of para-hydroxylation sites is 1. The van der Waals surface area contributed by atoms with Crippen molar-refractivity contribution in [2.45, 2.75) is 31.8 Å². The monoisotopic (exact) mass is 261 g/mol. The van der Waals surface area contributed by atoms with Crippen LogP contribution in [0, 0.1) is 0 Å². The van der Waals surface area contributed by atoms with Crippen LogP contribution >= 0.6 is 0 Å². The van der Waals surface area contributed by atoms with Gasteiger partial charge in [-0.2, -0.15) is 0 Å². The number of hydrogen-bond donors (Lipinski definition) is 2. The van der Waals surface area contributed by atoms with Crippen LogP contribution in [0.5, 0.6) is 0 Å². The number of nitrogens with one attached hydrogen (secondary N) is 2. The summed E-state index contributed by atoms with van der Waals surface area (Å²) in [6, 6.07) is 10.0. The van der Waals surface area contributed by atoms with Crippen LogP contribution < -0.4 is 10.6 Å². The van der Waals surface area contributed by atoms with Gasteiger partial charge in [-0.05, 0) is 45.5 Å². The number of anilines is 1.